The Kier molecular flexibility index (Phi) is 5.49. The first-order chi connectivity index (χ1) is 17.4. The topological polar surface area (TPSA) is 99.7 Å². The van der Waals surface area contributed by atoms with Crippen LogP contribution in [0.25, 0.3) is 0 Å². The van der Waals surface area contributed by atoms with Crippen molar-refractivity contribution in [2.45, 2.75) is 37.4 Å². The fourth-order valence-corrected chi connectivity index (χ4v) is 5.85. The number of fused-ring (bicyclic) bond motifs is 2. The van der Waals surface area contributed by atoms with Crippen LogP contribution in [-0.2, 0) is 41.9 Å². The van der Waals surface area contributed by atoms with Crippen LogP contribution in [0.2, 0.25) is 0 Å². The van der Waals surface area contributed by atoms with Crippen LogP contribution in [0, 0.1) is 11.8 Å². The molecular formula is C26H26N4O6. The van der Waals surface area contributed by atoms with E-state index in [0.29, 0.717) is 13.1 Å². The van der Waals surface area contributed by atoms with Crippen LogP contribution in [0.1, 0.15) is 11.1 Å². The maximum Gasteiger partial charge on any atom is 0.261 e. The maximum absolute atomic E-state index is 13.3. The van der Waals surface area contributed by atoms with Gasteiger partial charge in [-0.2, -0.15) is 10.1 Å². The summed E-state index contributed by atoms with van der Waals surface area (Å²) in [5.41, 5.74) is 1.85. The van der Waals surface area contributed by atoms with Gasteiger partial charge in [0.05, 0.1) is 23.9 Å². The van der Waals surface area contributed by atoms with Crippen LogP contribution >= 0.6 is 0 Å². The highest BCUT2D eigenvalue weighted by Crippen LogP contribution is 2.46. The summed E-state index contributed by atoms with van der Waals surface area (Å²) in [4.78, 5) is 66.9. The fourth-order valence-electron chi connectivity index (χ4n) is 5.85. The highest BCUT2D eigenvalue weighted by atomic mass is 16.7. The standard InChI is InChI=1S/C26H26N4O6/c1-27-23(31)17-19(29(35-21(17)25(27)33)13-15-9-5-3-6-10-15)20-18-22(26(34)28(2)24(18)32)36-30(20)14-16-11-7-4-8-12-16/h3-12,17-22H,13-14H2,1-2H3/t17-,18+,19-,20+,21+,22-. The van der Waals surface area contributed by atoms with E-state index < -0.39 is 47.9 Å². The Morgan fingerprint density at radius 1 is 0.583 bits per heavy atom. The molecule has 0 N–H and O–H groups in total. The number of rotatable bonds is 5. The molecule has 10 heteroatoms. The molecule has 4 saturated heterocycles. The molecule has 0 unspecified atom stereocenters. The molecule has 2 aromatic rings. The number of imide groups is 2. The van der Waals surface area contributed by atoms with Crippen molar-refractivity contribution in [3.63, 3.8) is 0 Å². The molecule has 2 aromatic carbocycles. The fraction of sp³-hybridized carbons (Fsp3) is 0.385. The summed E-state index contributed by atoms with van der Waals surface area (Å²) in [6, 6.07) is 17.7. The average Bonchev–Trinajstić information content (AvgIpc) is 3.55. The zero-order chi connectivity index (χ0) is 25.1. The number of nitrogens with zero attached hydrogens (tertiary/aromatic N) is 4. The summed E-state index contributed by atoms with van der Waals surface area (Å²) in [5.74, 6) is -3.21. The highest BCUT2D eigenvalue weighted by Gasteiger charge is 2.67. The molecular weight excluding hydrogens is 464 g/mol. The molecule has 6 rings (SSSR count). The molecule has 10 nitrogen and oxygen atoms in total. The number of carbonyl (C=O) groups is 4. The van der Waals surface area contributed by atoms with E-state index in [1.165, 1.54) is 14.1 Å². The van der Waals surface area contributed by atoms with Gasteiger partial charge in [-0.25, -0.2) is 0 Å². The van der Waals surface area contributed by atoms with Crippen LogP contribution < -0.4 is 0 Å². The second-order valence-corrected chi connectivity index (χ2v) is 9.68. The summed E-state index contributed by atoms with van der Waals surface area (Å²) in [5, 5.41) is 3.27. The minimum absolute atomic E-state index is 0.299. The number of hydrogen-bond acceptors (Lipinski definition) is 8. The summed E-state index contributed by atoms with van der Waals surface area (Å²) >= 11 is 0. The van der Waals surface area contributed by atoms with Gasteiger partial charge in [0.1, 0.15) is 0 Å². The molecule has 4 amide bonds. The summed E-state index contributed by atoms with van der Waals surface area (Å²) < 4.78 is 0. The second-order valence-electron chi connectivity index (χ2n) is 9.68. The Bertz CT molecular complexity index is 1130. The van der Waals surface area contributed by atoms with Crippen LogP contribution in [0.15, 0.2) is 60.7 Å². The van der Waals surface area contributed by atoms with E-state index in [0.717, 1.165) is 20.9 Å². The normalized spacial score (nSPS) is 32.6. The summed E-state index contributed by atoms with van der Waals surface area (Å²) in [7, 11) is 2.89. The average molecular weight is 491 g/mol. The van der Waals surface area contributed by atoms with Gasteiger partial charge in [0, 0.05) is 27.2 Å². The van der Waals surface area contributed by atoms with Crippen molar-refractivity contribution in [1.82, 2.24) is 19.9 Å². The Labute approximate surface area is 207 Å². The second kappa shape index (κ2) is 8.59. The van der Waals surface area contributed by atoms with Gasteiger partial charge in [-0.05, 0) is 11.1 Å². The van der Waals surface area contributed by atoms with E-state index >= 15 is 0 Å². The van der Waals surface area contributed by atoms with E-state index in [1.54, 1.807) is 10.1 Å². The summed E-state index contributed by atoms with van der Waals surface area (Å²) in [6.07, 6.45) is -1.97. The number of benzene rings is 2. The third-order valence-electron chi connectivity index (χ3n) is 7.64. The van der Waals surface area contributed by atoms with Gasteiger partial charge in [-0.3, -0.25) is 38.7 Å². The molecule has 0 radical (unpaired) electrons. The number of hydroxylamine groups is 4. The predicted octanol–water partition coefficient (Wildman–Crippen LogP) is 0.585. The van der Waals surface area contributed by atoms with Crippen LogP contribution in [-0.4, -0.2) is 81.9 Å². The molecule has 36 heavy (non-hydrogen) atoms. The number of likely N-dealkylation sites (tertiary alicyclic amines) is 2. The van der Waals surface area contributed by atoms with Crippen molar-refractivity contribution in [1.29, 1.82) is 0 Å². The van der Waals surface area contributed by atoms with Crippen molar-refractivity contribution in [2.75, 3.05) is 14.1 Å². The zero-order valence-electron chi connectivity index (χ0n) is 19.9. The van der Waals surface area contributed by atoms with Gasteiger partial charge in [0.15, 0.2) is 12.2 Å². The molecule has 4 heterocycles. The number of likely N-dealkylation sites (N-methyl/N-ethyl adjacent to an activating group) is 2. The monoisotopic (exact) mass is 490 g/mol. The first-order valence-corrected chi connectivity index (χ1v) is 11.9. The Morgan fingerprint density at radius 3 is 1.31 bits per heavy atom. The van der Waals surface area contributed by atoms with E-state index in [1.807, 2.05) is 60.7 Å². The van der Waals surface area contributed by atoms with Crippen molar-refractivity contribution >= 4 is 23.6 Å². The lowest BCUT2D eigenvalue weighted by Gasteiger charge is -2.36. The third-order valence-corrected chi connectivity index (χ3v) is 7.64. The first-order valence-electron chi connectivity index (χ1n) is 11.9. The summed E-state index contributed by atoms with van der Waals surface area (Å²) in [6.45, 7) is 0.599. The third kappa shape index (κ3) is 3.40. The zero-order valence-corrected chi connectivity index (χ0v) is 19.9. The predicted molar refractivity (Wildman–Crippen MR) is 124 cm³/mol. The Morgan fingerprint density at radius 2 is 0.944 bits per heavy atom. The Hall–Kier alpha value is -3.44. The lowest BCUT2D eigenvalue weighted by atomic mass is 9.82. The molecule has 186 valence electrons. The van der Waals surface area contributed by atoms with Crippen molar-refractivity contribution in [2.24, 2.45) is 11.8 Å². The van der Waals surface area contributed by atoms with Gasteiger partial charge in [-0.1, -0.05) is 60.7 Å². The van der Waals surface area contributed by atoms with Gasteiger partial charge in [0.25, 0.3) is 11.8 Å². The van der Waals surface area contributed by atoms with Gasteiger partial charge < -0.3 is 0 Å². The van der Waals surface area contributed by atoms with Gasteiger partial charge in [-0.15, -0.1) is 0 Å². The number of carbonyl (C=O) groups excluding carboxylic acids is 4. The molecule has 0 aromatic heterocycles. The van der Waals surface area contributed by atoms with Crippen molar-refractivity contribution in [3.05, 3.63) is 71.8 Å². The lowest BCUT2D eigenvalue weighted by molar-refractivity contribution is -0.215. The highest BCUT2D eigenvalue weighted by molar-refractivity contribution is 6.08. The molecule has 4 aliphatic heterocycles. The van der Waals surface area contributed by atoms with Crippen LogP contribution in [0.4, 0.5) is 0 Å². The Balaban J connectivity index is 1.43. The van der Waals surface area contributed by atoms with Crippen molar-refractivity contribution < 1.29 is 28.9 Å². The van der Waals surface area contributed by atoms with Crippen molar-refractivity contribution in [3.8, 4) is 0 Å². The largest absolute Gasteiger partial charge is 0.284 e. The minimum Gasteiger partial charge on any atom is -0.284 e. The first kappa shape index (κ1) is 23.0. The van der Waals surface area contributed by atoms with Gasteiger partial charge in [0.2, 0.25) is 11.8 Å². The van der Waals surface area contributed by atoms with Crippen LogP contribution in [0.5, 0.6) is 0 Å². The molecule has 0 spiro atoms. The molecule has 4 aliphatic rings. The SMILES string of the molecule is CN1C(=O)[C@@H]2[C@H]([C@@H]3[C@@H]4C(=O)N(C)C(=O)[C@@H]4ON3Cc3ccccc3)N(Cc3ccccc3)O[C@@H]2C1=O. The molecule has 4 fully saturated rings. The molecule has 0 aliphatic carbocycles. The molecule has 0 saturated carbocycles. The molecule has 6 atom stereocenters. The number of hydrogen-bond donors (Lipinski definition) is 0. The quantitative estimate of drug-likeness (QED) is 0.562. The van der Waals surface area contributed by atoms with Gasteiger partial charge >= 0.3 is 0 Å². The van der Waals surface area contributed by atoms with E-state index in [4.69, 9.17) is 9.68 Å². The van der Waals surface area contributed by atoms with Crippen LogP contribution in [0.3, 0.4) is 0 Å². The van der Waals surface area contributed by atoms with E-state index in [9.17, 15) is 19.2 Å². The lowest BCUT2D eigenvalue weighted by Crippen LogP contribution is -2.54. The molecule has 0 bridgehead atoms. The number of amides is 4. The minimum atomic E-state index is -0.987. The van der Waals surface area contributed by atoms with E-state index in [2.05, 4.69) is 0 Å². The maximum atomic E-state index is 13.3. The smallest absolute Gasteiger partial charge is 0.261 e. The van der Waals surface area contributed by atoms with E-state index in [-0.39, 0.29) is 11.8 Å².